The van der Waals surface area contributed by atoms with Gasteiger partial charge in [0, 0.05) is 43.2 Å². The van der Waals surface area contributed by atoms with Crippen molar-refractivity contribution in [2.24, 2.45) is 10.4 Å². The molecule has 0 aliphatic carbocycles. The number of nitrogens with one attached hydrogen (secondary N) is 1. The predicted molar refractivity (Wildman–Crippen MR) is 95.0 cm³/mol. The van der Waals surface area contributed by atoms with Crippen LogP contribution in [-0.2, 0) is 11.3 Å². The predicted octanol–water partition coefficient (Wildman–Crippen LogP) is 2.65. The minimum atomic E-state index is 0.341. The molecular weight excluding hydrogens is 358 g/mol. The standard InChI is InChI=1S/C17H24BrN3O2/c1-19-16(21-7-5-17(11-21)6-8-23-12-17)20-10-13-9-14(22-2)3-4-15(13)18/h3-4,9H,5-8,10-12H2,1-2H3,(H,19,20). The number of methoxy groups -OCH3 is 1. The number of guanidine groups is 1. The summed E-state index contributed by atoms with van der Waals surface area (Å²) in [6.07, 6.45) is 2.36. The van der Waals surface area contributed by atoms with Gasteiger partial charge in [0.25, 0.3) is 0 Å². The molecule has 5 nitrogen and oxygen atoms in total. The molecule has 1 unspecified atom stereocenters. The van der Waals surface area contributed by atoms with E-state index in [9.17, 15) is 0 Å². The fourth-order valence-electron chi connectivity index (χ4n) is 3.41. The number of rotatable bonds is 3. The molecule has 3 rings (SSSR count). The normalized spacial score (nSPS) is 24.5. The van der Waals surface area contributed by atoms with E-state index in [0.717, 1.165) is 48.0 Å². The number of likely N-dealkylation sites (tertiary alicyclic amines) is 1. The van der Waals surface area contributed by atoms with Gasteiger partial charge < -0.3 is 19.7 Å². The summed E-state index contributed by atoms with van der Waals surface area (Å²) in [5.74, 6) is 1.83. The van der Waals surface area contributed by atoms with Crippen LogP contribution < -0.4 is 10.1 Å². The van der Waals surface area contributed by atoms with Crippen molar-refractivity contribution in [3.05, 3.63) is 28.2 Å². The van der Waals surface area contributed by atoms with Crippen LogP contribution >= 0.6 is 15.9 Å². The third kappa shape index (κ3) is 3.63. The van der Waals surface area contributed by atoms with Crippen LogP contribution in [0.2, 0.25) is 0 Å². The summed E-state index contributed by atoms with van der Waals surface area (Å²) in [5, 5.41) is 3.48. The molecule has 2 heterocycles. The smallest absolute Gasteiger partial charge is 0.193 e. The van der Waals surface area contributed by atoms with Crippen LogP contribution in [0.1, 0.15) is 18.4 Å². The van der Waals surface area contributed by atoms with Gasteiger partial charge in [-0.25, -0.2) is 0 Å². The highest BCUT2D eigenvalue weighted by Crippen LogP contribution is 2.38. The summed E-state index contributed by atoms with van der Waals surface area (Å²) in [6, 6.07) is 6.01. The first kappa shape index (κ1) is 16.6. The van der Waals surface area contributed by atoms with E-state index >= 15 is 0 Å². The lowest BCUT2D eigenvalue weighted by atomic mass is 9.87. The SMILES string of the molecule is CN=C(NCc1cc(OC)ccc1Br)N1CCC2(CCOC2)C1. The van der Waals surface area contributed by atoms with E-state index in [1.807, 2.05) is 25.2 Å². The highest BCUT2D eigenvalue weighted by atomic mass is 79.9. The van der Waals surface area contributed by atoms with Crippen LogP contribution in [-0.4, -0.2) is 51.3 Å². The third-order valence-corrected chi connectivity index (χ3v) is 5.60. The fourth-order valence-corrected chi connectivity index (χ4v) is 3.79. The van der Waals surface area contributed by atoms with E-state index in [0.29, 0.717) is 12.0 Å². The van der Waals surface area contributed by atoms with Gasteiger partial charge in [0.15, 0.2) is 5.96 Å². The van der Waals surface area contributed by atoms with Crippen LogP contribution in [0.15, 0.2) is 27.7 Å². The Labute approximate surface area is 146 Å². The molecule has 1 aromatic carbocycles. The zero-order valence-electron chi connectivity index (χ0n) is 13.8. The molecule has 2 aliphatic heterocycles. The number of ether oxygens (including phenoxy) is 2. The molecule has 1 spiro atoms. The molecular formula is C17H24BrN3O2. The molecule has 0 amide bonds. The van der Waals surface area contributed by atoms with Gasteiger partial charge in [0.05, 0.1) is 13.7 Å². The second kappa shape index (κ2) is 7.09. The van der Waals surface area contributed by atoms with Crippen LogP contribution in [0.3, 0.4) is 0 Å². The Balaban J connectivity index is 1.62. The molecule has 0 bridgehead atoms. The van der Waals surface area contributed by atoms with Gasteiger partial charge >= 0.3 is 0 Å². The maximum Gasteiger partial charge on any atom is 0.193 e. The Morgan fingerprint density at radius 3 is 3.04 bits per heavy atom. The number of aliphatic imine (C=N–C) groups is 1. The number of hydrogen-bond acceptors (Lipinski definition) is 3. The van der Waals surface area contributed by atoms with Crippen LogP contribution in [0.5, 0.6) is 5.75 Å². The van der Waals surface area contributed by atoms with Crippen molar-refractivity contribution in [1.82, 2.24) is 10.2 Å². The van der Waals surface area contributed by atoms with Crippen molar-refractivity contribution in [3.63, 3.8) is 0 Å². The second-order valence-electron chi connectivity index (χ2n) is 6.33. The molecule has 6 heteroatoms. The summed E-state index contributed by atoms with van der Waals surface area (Å²) in [7, 11) is 3.53. The molecule has 0 saturated carbocycles. The maximum absolute atomic E-state index is 5.61. The van der Waals surface area contributed by atoms with Gasteiger partial charge in [-0.15, -0.1) is 0 Å². The summed E-state index contributed by atoms with van der Waals surface area (Å²) in [5.41, 5.74) is 1.50. The van der Waals surface area contributed by atoms with Crippen molar-refractivity contribution >= 4 is 21.9 Å². The fraction of sp³-hybridized carbons (Fsp3) is 0.588. The van der Waals surface area contributed by atoms with Gasteiger partial charge in [0.2, 0.25) is 0 Å². The minimum Gasteiger partial charge on any atom is -0.497 e. The van der Waals surface area contributed by atoms with Crippen molar-refractivity contribution in [2.45, 2.75) is 19.4 Å². The van der Waals surface area contributed by atoms with Crippen molar-refractivity contribution in [3.8, 4) is 5.75 Å². The molecule has 126 valence electrons. The Morgan fingerprint density at radius 1 is 1.48 bits per heavy atom. The van der Waals surface area contributed by atoms with Crippen molar-refractivity contribution < 1.29 is 9.47 Å². The first-order valence-corrected chi connectivity index (χ1v) is 8.81. The topological polar surface area (TPSA) is 46.1 Å². The first-order valence-electron chi connectivity index (χ1n) is 8.01. The summed E-state index contributed by atoms with van der Waals surface area (Å²) >= 11 is 3.60. The van der Waals surface area contributed by atoms with Gasteiger partial charge in [0.1, 0.15) is 5.75 Å². The van der Waals surface area contributed by atoms with E-state index in [2.05, 4.69) is 31.1 Å². The number of benzene rings is 1. The van der Waals surface area contributed by atoms with E-state index in [-0.39, 0.29) is 0 Å². The summed E-state index contributed by atoms with van der Waals surface area (Å²) in [6.45, 7) is 4.58. The zero-order valence-corrected chi connectivity index (χ0v) is 15.4. The Kier molecular flexibility index (Phi) is 5.11. The Hall–Kier alpha value is -1.27. The molecule has 23 heavy (non-hydrogen) atoms. The lowest BCUT2D eigenvalue weighted by Gasteiger charge is -2.25. The molecule has 1 aromatic rings. The summed E-state index contributed by atoms with van der Waals surface area (Å²) in [4.78, 5) is 6.81. The first-order chi connectivity index (χ1) is 11.2. The number of hydrogen-bond donors (Lipinski definition) is 1. The van der Waals surface area contributed by atoms with E-state index in [1.54, 1.807) is 7.11 Å². The average Bonchev–Trinajstić information content (AvgIpc) is 3.20. The lowest BCUT2D eigenvalue weighted by molar-refractivity contribution is 0.156. The minimum absolute atomic E-state index is 0.341. The monoisotopic (exact) mass is 381 g/mol. The molecule has 2 saturated heterocycles. The third-order valence-electron chi connectivity index (χ3n) is 4.82. The highest BCUT2D eigenvalue weighted by Gasteiger charge is 2.42. The molecule has 0 aromatic heterocycles. The average molecular weight is 382 g/mol. The lowest BCUT2D eigenvalue weighted by Crippen LogP contribution is -2.41. The highest BCUT2D eigenvalue weighted by molar-refractivity contribution is 9.10. The number of nitrogens with zero attached hydrogens (tertiary/aromatic N) is 2. The van der Waals surface area contributed by atoms with Crippen LogP contribution in [0.25, 0.3) is 0 Å². The Morgan fingerprint density at radius 2 is 2.35 bits per heavy atom. The van der Waals surface area contributed by atoms with Crippen molar-refractivity contribution in [2.75, 3.05) is 40.5 Å². The number of halogens is 1. The molecule has 2 fully saturated rings. The van der Waals surface area contributed by atoms with Crippen molar-refractivity contribution in [1.29, 1.82) is 0 Å². The summed E-state index contributed by atoms with van der Waals surface area (Å²) < 4.78 is 12.0. The van der Waals surface area contributed by atoms with Gasteiger partial charge in [-0.2, -0.15) is 0 Å². The Bertz CT molecular complexity index is 585. The van der Waals surface area contributed by atoms with E-state index in [1.165, 1.54) is 12.8 Å². The van der Waals surface area contributed by atoms with Crippen LogP contribution in [0, 0.1) is 5.41 Å². The molecule has 1 atom stereocenters. The van der Waals surface area contributed by atoms with E-state index in [4.69, 9.17) is 9.47 Å². The molecule has 2 aliphatic rings. The van der Waals surface area contributed by atoms with E-state index < -0.39 is 0 Å². The zero-order chi connectivity index (χ0) is 16.3. The van der Waals surface area contributed by atoms with Crippen LogP contribution in [0.4, 0.5) is 0 Å². The second-order valence-corrected chi connectivity index (χ2v) is 7.19. The molecule has 1 N–H and O–H groups in total. The molecule has 0 radical (unpaired) electrons. The van der Waals surface area contributed by atoms with Gasteiger partial charge in [-0.1, -0.05) is 15.9 Å². The van der Waals surface area contributed by atoms with Gasteiger partial charge in [-0.05, 0) is 36.6 Å². The quantitative estimate of drug-likeness (QED) is 0.645. The maximum atomic E-state index is 5.61. The van der Waals surface area contributed by atoms with Gasteiger partial charge in [-0.3, -0.25) is 4.99 Å². The largest absolute Gasteiger partial charge is 0.497 e.